The number of nitrogens with zero attached hydrogens (tertiary/aromatic N) is 7. The highest BCUT2D eigenvalue weighted by atomic mass is 19.1. The number of hydrogen-bond donors (Lipinski definition) is 0. The number of tetrazole rings is 1. The molecule has 0 saturated carbocycles. The Labute approximate surface area is 129 Å². The van der Waals surface area contributed by atoms with E-state index < -0.39 is 17.8 Å². The van der Waals surface area contributed by atoms with E-state index in [0.717, 1.165) is 13.2 Å². The molecule has 1 unspecified atom stereocenters. The Bertz CT molecular complexity index is 715. The van der Waals surface area contributed by atoms with Gasteiger partial charge in [0, 0.05) is 11.0 Å². The van der Waals surface area contributed by atoms with Crippen LogP contribution < -0.4 is 4.74 Å². The summed E-state index contributed by atoms with van der Waals surface area (Å²) in [5.41, 5.74) is 8.36. The van der Waals surface area contributed by atoms with Gasteiger partial charge in [0.1, 0.15) is 11.6 Å². The van der Waals surface area contributed by atoms with Gasteiger partial charge in [-0.05, 0) is 22.9 Å². The first kappa shape index (κ1) is 16.2. The fraction of sp³-hybridized carbons (Fsp3) is 0.333. The zero-order valence-corrected chi connectivity index (χ0v) is 12.0. The minimum atomic E-state index is -0.779. The van der Waals surface area contributed by atoms with Gasteiger partial charge in [0.2, 0.25) is 0 Å². The Kier molecular flexibility index (Phi) is 5.42. The van der Waals surface area contributed by atoms with Gasteiger partial charge >= 0.3 is 5.97 Å². The van der Waals surface area contributed by atoms with E-state index in [0.29, 0.717) is 0 Å². The minimum Gasteiger partial charge on any atom is -0.493 e. The lowest BCUT2D eigenvalue weighted by molar-refractivity contribution is 0.0595. The third kappa shape index (κ3) is 4.38. The maximum absolute atomic E-state index is 13.8. The molecule has 0 aliphatic rings. The number of halogens is 1. The molecule has 23 heavy (non-hydrogen) atoms. The molecule has 120 valence electrons. The van der Waals surface area contributed by atoms with Crippen LogP contribution in [0.2, 0.25) is 0 Å². The van der Waals surface area contributed by atoms with Gasteiger partial charge in [-0.3, -0.25) is 0 Å². The Morgan fingerprint density at radius 3 is 3.00 bits per heavy atom. The van der Waals surface area contributed by atoms with Gasteiger partial charge in [0.05, 0.1) is 31.9 Å². The Morgan fingerprint density at radius 2 is 2.39 bits per heavy atom. The van der Waals surface area contributed by atoms with Crippen molar-refractivity contribution in [1.29, 1.82) is 0 Å². The molecule has 0 aliphatic heterocycles. The number of azide groups is 1. The summed E-state index contributed by atoms with van der Waals surface area (Å²) in [6.45, 7) is 0.134. The molecule has 0 saturated heterocycles. The monoisotopic (exact) mass is 321 g/mol. The zero-order chi connectivity index (χ0) is 16.7. The first-order valence-corrected chi connectivity index (χ1v) is 6.39. The first-order valence-electron chi connectivity index (χ1n) is 6.39. The molecular weight excluding hydrogens is 309 g/mol. The molecule has 0 radical (unpaired) electrons. The smallest absolute Gasteiger partial charge is 0.340 e. The lowest BCUT2D eigenvalue weighted by Crippen LogP contribution is -2.23. The van der Waals surface area contributed by atoms with Gasteiger partial charge in [-0.15, -0.1) is 10.2 Å². The van der Waals surface area contributed by atoms with E-state index in [4.69, 9.17) is 10.3 Å². The van der Waals surface area contributed by atoms with E-state index >= 15 is 0 Å². The van der Waals surface area contributed by atoms with Crippen LogP contribution in [-0.4, -0.2) is 45.9 Å². The highest BCUT2D eigenvalue weighted by Gasteiger charge is 2.14. The molecule has 1 aromatic carbocycles. The number of ether oxygens (including phenoxy) is 2. The van der Waals surface area contributed by atoms with Crippen LogP contribution in [0.25, 0.3) is 10.4 Å². The summed E-state index contributed by atoms with van der Waals surface area (Å²) in [5.74, 6) is -1.37. The van der Waals surface area contributed by atoms with Crippen molar-refractivity contribution in [2.75, 3.05) is 13.7 Å². The summed E-state index contributed by atoms with van der Waals surface area (Å²) >= 11 is 0. The molecule has 0 N–H and O–H groups in total. The number of rotatable bonds is 7. The van der Waals surface area contributed by atoms with E-state index in [1.807, 2.05) is 0 Å². The van der Waals surface area contributed by atoms with Crippen molar-refractivity contribution in [2.24, 2.45) is 5.11 Å². The molecule has 0 fully saturated rings. The van der Waals surface area contributed by atoms with Crippen LogP contribution in [0.5, 0.6) is 5.75 Å². The van der Waals surface area contributed by atoms with E-state index in [2.05, 4.69) is 30.2 Å². The molecule has 0 aliphatic carbocycles. The van der Waals surface area contributed by atoms with E-state index in [1.165, 1.54) is 23.3 Å². The van der Waals surface area contributed by atoms with Crippen molar-refractivity contribution in [3.8, 4) is 5.75 Å². The molecule has 1 atom stereocenters. The largest absolute Gasteiger partial charge is 0.493 e. The van der Waals surface area contributed by atoms with Gasteiger partial charge in [-0.2, -0.15) is 4.80 Å². The fourth-order valence-corrected chi connectivity index (χ4v) is 1.71. The van der Waals surface area contributed by atoms with E-state index in [-0.39, 0.29) is 24.5 Å². The summed E-state index contributed by atoms with van der Waals surface area (Å²) in [5, 5.41) is 14.5. The molecule has 1 aromatic heterocycles. The predicted octanol–water partition coefficient (Wildman–Crippen LogP) is 1.36. The Hall–Kier alpha value is -3.20. The molecule has 2 rings (SSSR count). The number of carbonyl (C=O) groups is 1. The lowest BCUT2D eigenvalue weighted by atomic mass is 10.2. The fourth-order valence-electron chi connectivity index (χ4n) is 1.71. The van der Waals surface area contributed by atoms with Crippen LogP contribution in [0.3, 0.4) is 0 Å². The van der Waals surface area contributed by atoms with Gasteiger partial charge in [-0.1, -0.05) is 5.11 Å². The van der Waals surface area contributed by atoms with Crippen LogP contribution in [0.4, 0.5) is 4.39 Å². The van der Waals surface area contributed by atoms with Gasteiger partial charge in [0.15, 0.2) is 6.33 Å². The first-order chi connectivity index (χ1) is 11.1. The molecule has 1 heterocycles. The third-order valence-electron chi connectivity index (χ3n) is 2.77. The van der Waals surface area contributed by atoms with E-state index in [1.54, 1.807) is 0 Å². The van der Waals surface area contributed by atoms with Crippen LogP contribution >= 0.6 is 0 Å². The van der Waals surface area contributed by atoms with Gasteiger partial charge < -0.3 is 9.47 Å². The summed E-state index contributed by atoms with van der Waals surface area (Å²) in [6, 6.07) is 3.10. The predicted molar refractivity (Wildman–Crippen MR) is 74.0 cm³/mol. The normalized spacial score (nSPS) is 11.4. The average Bonchev–Trinajstić information content (AvgIpc) is 3.05. The van der Waals surface area contributed by atoms with Crippen molar-refractivity contribution in [3.05, 3.63) is 46.3 Å². The van der Waals surface area contributed by atoms with Crippen molar-refractivity contribution < 1.29 is 18.7 Å². The summed E-state index contributed by atoms with van der Waals surface area (Å²) < 4.78 is 23.6. The molecule has 2 aromatic rings. The molecular formula is C12H12FN7O3. The number of benzene rings is 1. The molecule has 11 heteroatoms. The Balaban J connectivity index is 2.01. The second-order valence-corrected chi connectivity index (χ2v) is 4.29. The molecule has 0 bridgehead atoms. The summed E-state index contributed by atoms with van der Waals surface area (Å²) in [4.78, 5) is 15.2. The number of hydrogen-bond acceptors (Lipinski definition) is 7. The third-order valence-corrected chi connectivity index (χ3v) is 2.77. The second kappa shape index (κ2) is 7.71. The lowest BCUT2D eigenvalue weighted by Gasteiger charge is -2.12. The SMILES string of the molecule is COC(=O)c1ccc(OCC(Cn2ncnn2)N=[N+]=[N-])cc1F. The highest BCUT2D eigenvalue weighted by Crippen LogP contribution is 2.18. The summed E-state index contributed by atoms with van der Waals surface area (Å²) in [7, 11) is 1.16. The van der Waals surface area contributed by atoms with Crippen molar-refractivity contribution in [3.63, 3.8) is 0 Å². The van der Waals surface area contributed by atoms with Crippen LogP contribution in [-0.2, 0) is 11.3 Å². The molecule has 0 amide bonds. The Morgan fingerprint density at radius 1 is 1.57 bits per heavy atom. The van der Waals surface area contributed by atoms with Crippen molar-refractivity contribution in [2.45, 2.75) is 12.6 Å². The number of methoxy groups -OCH3 is 1. The number of carbonyl (C=O) groups excluding carboxylic acids is 1. The van der Waals surface area contributed by atoms with Gasteiger partial charge in [0.25, 0.3) is 0 Å². The second-order valence-electron chi connectivity index (χ2n) is 4.29. The maximum Gasteiger partial charge on any atom is 0.340 e. The van der Waals surface area contributed by atoms with Crippen molar-refractivity contribution in [1.82, 2.24) is 20.2 Å². The van der Waals surface area contributed by atoms with Gasteiger partial charge in [-0.25, -0.2) is 9.18 Å². The van der Waals surface area contributed by atoms with Crippen LogP contribution in [0.15, 0.2) is 29.6 Å². The molecule has 0 spiro atoms. The average molecular weight is 321 g/mol. The standard InChI is InChI=1S/C12H12FN7O3/c1-22-12(21)10-3-2-9(4-11(10)13)23-6-8(17-18-14)5-20-16-7-15-19-20/h2-4,7-8H,5-6H2,1H3. The number of esters is 1. The minimum absolute atomic E-state index is 0.0252. The summed E-state index contributed by atoms with van der Waals surface area (Å²) in [6.07, 6.45) is 1.24. The highest BCUT2D eigenvalue weighted by molar-refractivity contribution is 5.89. The maximum atomic E-state index is 13.8. The van der Waals surface area contributed by atoms with Crippen LogP contribution in [0, 0.1) is 5.82 Å². The van der Waals surface area contributed by atoms with E-state index in [9.17, 15) is 9.18 Å². The quantitative estimate of drug-likeness (QED) is 0.328. The molecule has 10 nitrogen and oxygen atoms in total. The topological polar surface area (TPSA) is 128 Å². The number of aromatic nitrogens is 4. The zero-order valence-electron chi connectivity index (χ0n) is 12.0. The van der Waals surface area contributed by atoms with Crippen molar-refractivity contribution >= 4 is 5.97 Å². The van der Waals surface area contributed by atoms with Crippen LogP contribution in [0.1, 0.15) is 10.4 Å².